The van der Waals surface area contributed by atoms with Gasteiger partial charge >= 0.3 is 0 Å². The van der Waals surface area contributed by atoms with E-state index in [0.717, 1.165) is 28.8 Å². The summed E-state index contributed by atoms with van der Waals surface area (Å²) in [6, 6.07) is 11.7. The fourth-order valence-corrected chi connectivity index (χ4v) is 5.73. The predicted octanol–water partition coefficient (Wildman–Crippen LogP) is 3.91. The third-order valence-corrected chi connectivity index (χ3v) is 8.23. The maximum absolute atomic E-state index is 13.0. The molecule has 8 nitrogen and oxygen atoms in total. The number of carbonyl (C=O) groups excluding carboxylic acids is 1. The van der Waals surface area contributed by atoms with Gasteiger partial charge in [-0.05, 0) is 49.7 Å². The van der Waals surface area contributed by atoms with E-state index in [1.165, 1.54) is 39.9 Å². The lowest BCUT2D eigenvalue weighted by atomic mass is 10.2. The van der Waals surface area contributed by atoms with E-state index in [9.17, 15) is 13.2 Å². The van der Waals surface area contributed by atoms with E-state index in [1.54, 1.807) is 14.2 Å². The summed E-state index contributed by atoms with van der Waals surface area (Å²) in [5, 5.41) is 0. The lowest BCUT2D eigenvalue weighted by Gasteiger charge is -2.16. The van der Waals surface area contributed by atoms with Crippen molar-refractivity contribution in [1.29, 1.82) is 0 Å². The van der Waals surface area contributed by atoms with Gasteiger partial charge in [-0.15, -0.1) is 0 Å². The third-order valence-electron chi connectivity index (χ3n) is 5.32. The van der Waals surface area contributed by atoms with Crippen molar-refractivity contribution in [2.24, 2.45) is 4.99 Å². The molecular weight excluding hydrogens is 474 g/mol. The number of para-hydroxylation sites is 1. The van der Waals surface area contributed by atoms with E-state index in [4.69, 9.17) is 9.47 Å². The molecule has 0 saturated carbocycles. The zero-order chi connectivity index (χ0) is 24.7. The van der Waals surface area contributed by atoms with E-state index < -0.39 is 15.9 Å². The van der Waals surface area contributed by atoms with Crippen LogP contribution in [0.4, 0.5) is 0 Å². The maximum atomic E-state index is 13.0. The number of thiazole rings is 1. The Morgan fingerprint density at radius 2 is 1.88 bits per heavy atom. The zero-order valence-electron chi connectivity index (χ0n) is 20.0. The summed E-state index contributed by atoms with van der Waals surface area (Å²) >= 11 is 1.39. The highest BCUT2D eigenvalue weighted by atomic mass is 32.2. The van der Waals surface area contributed by atoms with Crippen LogP contribution in [0.1, 0.15) is 37.0 Å². The highest BCUT2D eigenvalue weighted by Crippen LogP contribution is 2.27. The van der Waals surface area contributed by atoms with Crippen molar-refractivity contribution in [2.45, 2.75) is 38.1 Å². The van der Waals surface area contributed by atoms with Gasteiger partial charge < -0.3 is 14.0 Å². The average molecular weight is 506 g/mol. The number of rotatable bonds is 11. The quantitative estimate of drug-likeness (QED) is 0.394. The monoisotopic (exact) mass is 505 g/mol. The highest BCUT2D eigenvalue weighted by Gasteiger charge is 2.20. The summed E-state index contributed by atoms with van der Waals surface area (Å²) in [6.45, 7) is 5.86. The van der Waals surface area contributed by atoms with Crippen molar-refractivity contribution in [2.75, 3.05) is 33.9 Å². The molecule has 0 atom stereocenters. The summed E-state index contributed by atoms with van der Waals surface area (Å²) < 4.78 is 40.7. The van der Waals surface area contributed by atoms with Crippen LogP contribution >= 0.6 is 11.3 Å². The fourth-order valence-electron chi connectivity index (χ4n) is 3.45. The van der Waals surface area contributed by atoms with Gasteiger partial charge in [0.15, 0.2) is 4.80 Å². The second kappa shape index (κ2) is 11.7. The fraction of sp³-hybridized carbons (Fsp3) is 0.417. The minimum absolute atomic E-state index is 0.154. The number of benzene rings is 2. The lowest BCUT2D eigenvalue weighted by molar-refractivity contribution is 0.0997. The van der Waals surface area contributed by atoms with Crippen molar-refractivity contribution < 1.29 is 22.7 Å². The third kappa shape index (κ3) is 5.75. The molecule has 0 saturated heterocycles. The van der Waals surface area contributed by atoms with Gasteiger partial charge in [-0.3, -0.25) is 4.79 Å². The molecule has 0 aliphatic heterocycles. The molecule has 0 unspecified atom stereocenters. The molecule has 1 aromatic heterocycles. The largest absolute Gasteiger partial charge is 0.492 e. The number of carbonyl (C=O) groups is 1. The molecule has 0 bridgehead atoms. The van der Waals surface area contributed by atoms with E-state index in [-0.39, 0.29) is 4.90 Å². The van der Waals surface area contributed by atoms with Gasteiger partial charge in [0.1, 0.15) is 11.3 Å². The van der Waals surface area contributed by atoms with Crippen molar-refractivity contribution in [3.63, 3.8) is 0 Å². The molecule has 3 aromatic rings. The normalized spacial score (nSPS) is 12.6. The number of unbranched alkanes of at least 4 members (excludes halogenated alkanes) is 1. The first-order valence-corrected chi connectivity index (χ1v) is 13.5. The number of ether oxygens (including phenoxy) is 2. The van der Waals surface area contributed by atoms with Crippen molar-refractivity contribution in [1.82, 2.24) is 8.87 Å². The summed E-state index contributed by atoms with van der Waals surface area (Å²) in [5.74, 6) is 0.280. The Hall–Kier alpha value is -2.53. The molecule has 34 heavy (non-hydrogen) atoms. The average Bonchev–Trinajstić information content (AvgIpc) is 3.19. The van der Waals surface area contributed by atoms with Gasteiger partial charge in [-0.2, -0.15) is 4.99 Å². The first-order valence-electron chi connectivity index (χ1n) is 11.2. The Morgan fingerprint density at radius 1 is 1.15 bits per heavy atom. The number of sulfonamides is 1. The second-order valence-corrected chi connectivity index (χ2v) is 10.7. The van der Waals surface area contributed by atoms with Crippen LogP contribution in [0.3, 0.4) is 0 Å². The molecule has 1 amide bonds. The maximum Gasteiger partial charge on any atom is 0.279 e. The standard InChI is InChI=1S/C24H31N3O5S2/c1-5-7-15-26(3)34(29,30)19-13-11-18(12-14-19)23(28)25-24-27(16-17-31-4)22-20(32-6-2)9-8-10-21(22)33-24/h8-14H,5-7,15-17H2,1-4H3. The molecule has 0 radical (unpaired) electrons. The Kier molecular flexibility index (Phi) is 9.01. The SMILES string of the molecule is CCCCN(C)S(=O)(=O)c1ccc(C(=O)N=c2sc3cccc(OCC)c3n2CCOC)cc1. The van der Waals surface area contributed by atoms with Crippen LogP contribution in [-0.2, 0) is 21.3 Å². The number of nitrogens with zero attached hydrogens (tertiary/aromatic N) is 3. The molecule has 3 rings (SSSR count). The van der Waals surface area contributed by atoms with Crippen LogP contribution in [0.25, 0.3) is 10.2 Å². The smallest absolute Gasteiger partial charge is 0.279 e. The van der Waals surface area contributed by atoms with Crippen molar-refractivity contribution >= 4 is 37.5 Å². The summed E-state index contributed by atoms with van der Waals surface area (Å²) in [6.07, 6.45) is 1.69. The summed E-state index contributed by atoms with van der Waals surface area (Å²) in [4.78, 5) is 18.0. The van der Waals surface area contributed by atoms with Crippen LogP contribution < -0.4 is 9.54 Å². The van der Waals surface area contributed by atoms with E-state index in [1.807, 2.05) is 36.6 Å². The van der Waals surface area contributed by atoms with Crippen molar-refractivity contribution in [3.05, 3.63) is 52.8 Å². The van der Waals surface area contributed by atoms with Crippen LogP contribution in [0.15, 0.2) is 52.4 Å². The van der Waals surface area contributed by atoms with Crippen LogP contribution in [0.5, 0.6) is 5.75 Å². The Bertz CT molecular complexity index is 1290. The number of amides is 1. The molecule has 0 N–H and O–H groups in total. The van der Waals surface area contributed by atoms with Crippen LogP contribution in [0, 0.1) is 0 Å². The first-order chi connectivity index (χ1) is 16.3. The van der Waals surface area contributed by atoms with Gasteiger partial charge in [-0.1, -0.05) is 30.7 Å². The van der Waals surface area contributed by atoms with Crippen molar-refractivity contribution in [3.8, 4) is 5.75 Å². The minimum atomic E-state index is -3.60. The topological polar surface area (TPSA) is 90.2 Å². The molecule has 0 aliphatic rings. The molecule has 0 spiro atoms. The summed E-state index contributed by atoms with van der Waals surface area (Å²) in [5.41, 5.74) is 1.19. The Labute approximate surface area is 204 Å². The van der Waals surface area contributed by atoms with Crippen LogP contribution in [0.2, 0.25) is 0 Å². The van der Waals surface area contributed by atoms with E-state index in [0.29, 0.717) is 36.7 Å². The Balaban J connectivity index is 1.96. The predicted molar refractivity (Wildman–Crippen MR) is 134 cm³/mol. The molecule has 10 heteroatoms. The van der Waals surface area contributed by atoms with Gasteiger partial charge in [0.05, 0.1) is 22.8 Å². The summed E-state index contributed by atoms with van der Waals surface area (Å²) in [7, 11) is -0.409. The van der Waals surface area contributed by atoms with Gasteiger partial charge in [-0.25, -0.2) is 12.7 Å². The molecule has 0 fully saturated rings. The molecular formula is C24H31N3O5S2. The number of aromatic nitrogens is 1. The number of fused-ring (bicyclic) bond motifs is 1. The van der Waals surface area contributed by atoms with Gasteiger partial charge in [0, 0.05) is 32.8 Å². The van der Waals surface area contributed by atoms with Crippen LogP contribution in [-0.4, -0.2) is 57.1 Å². The molecule has 2 aromatic carbocycles. The van der Waals surface area contributed by atoms with E-state index in [2.05, 4.69) is 4.99 Å². The number of hydrogen-bond acceptors (Lipinski definition) is 6. The Morgan fingerprint density at radius 3 is 2.53 bits per heavy atom. The van der Waals surface area contributed by atoms with Gasteiger partial charge in [0.2, 0.25) is 10.0 Å². The first kappa shape index (κ1) is 26.1. The molecule has 1 heterocycles. The number of methoxy groups -OCH3 is 1. The van der Waals surface area contributed by atoms with E-state index >= 15 is 0 Å². The second-order valence-electron chi connectivity index (χ2n) is 7.69. The lowest BCUT2D eigenvalue weighted by Crippen LogP contribution is -2.27. The highest BCUT2D eigenvalue weighted by molar-refractivity contribution is 7.89. The number of hydrogen-bond donors (Lipinski definition) is 0. The zero-order valence-corrected chi connectivity index (χ0v) is 21.6. The van der Waals surface area contributed by atoms with Gasteiger partial charge in [0.25, 0.3) is 5.91 Å². The minimum Gasteiger partial charge on any atom is -0.492 e. The molecule has 184 valence electrons. The molecule has 0 aliphatic carbocycles.